The molecule has 1 N–H and O–H groups in total. The van der Waals surface area contributed by atoms with Gasteiger partial charge in [0.05, 0.1) is 12.7 Å². The van der Waals surface area contributed by atoms with Crippen molar-refractivity contribution >= 4 is 15.9 Å². The Kier molecular flexibility index (Phi) is 6.77. The van der Waals surface area contributed by atoms with Gasteiger partial charge in [-0.25, -0.2) is 0 Å². The standard InChI is InChI=1S/C14H19BrN2O/c1-3-17-11(2)13-10-12(15)6-7-14(13)18-9-5-4-8-16/h6-7,10-11,17H,3-5,9H2,1-2H3. The zero-order valence-corrected chi connectivity index (χ0v) is 12.5. The lowest BCUT2D eigenvalue weighted by Gasteiger charge is -2.18. The predicted molar refractivity (Wildman–Crippen MR) is 76.6 cm³/mol. The Bertz CT molecular complexity index is 415. The molecule has 0 spiro atoms. The number of unbranched alkanes of at least 4 members (excludes halogenated alkanes) is 1. The summed E-state index contributed by atoms with van der Waals surface area (Å²) < 4.78 is 6.80. The van der Waals surface area contributed by atoms with Gasteiger partial charge in [-0.3, -0.25) is 0 Å². The summed E-state index contributed by atoms with van der Waals surface area (Å²) in [6.45, 7) is 5.71. The quantitative estimate of drug-likeness (QED) is 0.779. The molecule has 0 bridgehead atoms. The van der Waals surface area contributed by atoms with Gasteiger partial charge in [-0.2, -0.15) is 5.26 Å². The minimum absolute atomic E-state index is 0.249. The van der Waals surface area contributed by atoms with Crippen LogP contribution in [0.15, 0.2) is 22.7 Å². The molecule has 1 rings (SSSR count). The molecule has 98 valence electrons. The van der Waals surface area contributed by atoms with Gasteiger partial charge in [0.15, 0.2) is 0 Å². The molecule has 3 nitrogen and oxygen atoms in total. The lowest BCUT2D eigenvalue weighted by Crippen LogP contribution is -2.18. The second-order valence-electron chi connectivity index (χ2n) is 4.07. The molecule has 1 atom stereocenters. The third kappa shape index (κ3) is 4.67. The summed E-state index contributed by atoms with van der Waals surface area (Å²) in [6, 6.07) is 8.39. The molecule has 0 saturated heterocycles. The summed E-state index contributed by atoms with van der Waals surface area (Å²) >= 11 is 3.48. The molecule has 1 aromatic carbocycles. The van der Waals surface area contributed by atoms with E-state index < -0.39 is 0 Å². The molecule has 0 aliphatic carbocycles. The molecule has 4 heteroatoms. The van der Waals surface area contributed by atoms with Gasteiger partial charge in [-0.15, -0.1) is 0 Å². The molecular weight excluding hydrogens is 292 g/mol. The van der Waals surface area contributed by atoms with Gasteiger partial charge >= 0.3 is 0 Å². The highest BCUT2D eigenvalue weighted by molar-refractivity contribution is 9.10. The number of hydrogen-bond acceptors (Lipinski definition) is 3. The van der Waals surface area contributed by atoms with E-state index in [1.165, 1.54) is 0 Å². The van der Waals surface area contributed by atoms with E-state index in [1.807, 2.05) is 12.1 Å². The highest BCUT2D eigenvalue weighted by Gasteiger charge is 2.11. The minimum atomic E-state index is 0.249. The molecule has 0 saturated carbocycles. The van der Waals surface area contributed by atoms with Crippen LogP contribution in [0, 0.1) is 11.3 Å². The number of nitriles is 1. The monoisotopic (exact) mass is 310 g/mol. The van der Waals surface area contributed by atoms with Crippen molar-refractivity contribution in [3.63, 3.8) is 0 Å². The van der Waals surface area contributed by atoms with Gasteiger partial charge in [0.25, 0.3) is 0 Å². The highest BCUT2D eigenvalue weighted by atomic mass is 79.9. The van der Waals surface area contributed by atoms with Crippen molar-refractivity contribution in [3.05, 3.63) is 28.2 Å². The Morgan fingerprint density at radius 3 is 2.94 bits per heavy atom. The van der Waals surface area contributed by atoms with Crippen molar-refractivity contribution in [2.45, 2.75) is 32.7 Å². The largest absolute Gasteiger partial charge is 0.493 e. The van der Waals surface area contributed by atoms with Gasteiger partial charge in [0.1, 0.15) is 5.75 Å². The lowest BCUT2D eigenvalue weighted by atomic mass is 10.1. The van der Waals surface area contributed by atoms with E-state index in [4.69, 9.17) is 10.00 Å². The Morgan fingerprint density at radius 2 is 2.28 bits per heavy atom. The molecule has 0 radical (unpaired) electrons. The van der Waals surface area contributed by atoms with Crippen molar-refractivity contribution in [2.75, 3.05) is 13.2 Å². The fourth-order valence-electron chi connectivity index (χ4n) is 1.74. The summed E-state index contributed by atoms with van der Waals surface area (Å²) in [5, 5.41) is 11.9. The highest BCUT2D eigenvalue weighted by Crippen LogP contribution is 2.28. The molecule has 1 aromatic rings. The number of benzene rings is 1. The SMILES string of the molecule is CCNC(C)c1cc(Br)ccc1OCCCC#N. The van der Waals surface area contributed by atoms with Crippen LogP contribution in [-0.2, 0) is 0 Å². The summed E-state index contributed by atoms with van der Waals surface area (Å²) in [6.07, 6.45) is 1.30. The first-order valence-electron chi connectivity index (χ1n) is 6.21. The Labute approximate surface area is 117 Å². The van der Waals surface area contributed by atoms with Crippen LogP contribution < -0.4 is 10.1 Å². The maximum absolute atomic E-state index is 8.49. The van der Waals surface area contributed by atoms with Crippen LogP contribution in [0.25, 0.3) is 0 Å². The molecule has 1 unspecified atom stereocenters. The molecule has 0 aromatic heterocycles. The van der Waals surface area contributed by atoms with E-state index in [2.05, 4.69) is 47.2 Å². The first-order chi connectivity index (χ1) is 8.69. The first-order valence-corrected chi connectivity index (χ1v) is 7.01. The first kappa shape index (κ1) is 15.0. The predicted octanol–water partition coefficient (Wildman–Crippen LogP) is 3.80. The number of ether oxygens (including phenoxy) is 1. The van der Waals surface area contributed by atoms with Gasteiger partial charge in [0.2, 0.25) is 0 Å². The van der Waals surface area contributed by atoms with Crippen molar-refractivity contribution in [2.24, 2.45) is 0 Å². The fourth-order valence-corrected chi connectivity index (χ4v) is 2.12. The average molecular weight is 311 g/mol. The number of rotatable bonds is 7. The van der Waals surface area contributed by atoms with E-state index in [9.17, 15) is 0 Å². The number of halogens is 1. The van der Waals surface area contributed by atoms with Gasteiger partial charge in [-0.05, 0) is 38.1 Å². The lowest BCUT2D eigenvalue weighted by molar-refractivity contribution is 0.306. The normalized spacial score (nSPS) is 11.9. The summed E-state index contributed by atoms with van der Waals surface area (Å²) in [7, 11) is 0. The summed E-state index contributed by atoms with van der Waals surface area (Å²) in [4.78, 5) is 0. The van der Waals surface area contributed by atoms with E-state index in [-0.39, 0.29) is 6.04 Å². The zero-order chi connectivity index (χ0) is 13.4. The fraction of sp³-hybridized carbons (Fsp3) is 0.500. The summed E-state index contributed by atoms with van der Waals surface area (Å²) in [5.74, 6) is 0.893. The molecule has 0 aliphatic rings. The average Bonchev–Trinajstić information content (AvgIpc) is 2.36. The van der Waals surface area contributed by atoms with Gasteiger partial charge < -0.3 is 10.1 Å². The van der Waals surface area contributed by atoms with E-state index in [0.29, 0.717) is 13.0 Å². The zero-order valence-electron chi connectivity index (χ0n) is 10.9. The molecule has 0 amide bonds. The topological polar surface area (TPSA) is 45.0 Å². The van der Waals surface area contributed by atoms with Crippen molar-refractivity contribution in [3.8, 4) is 11.8 Å². The summed E-state index contributed by atoms with van der Waals surface area (Å²) in [5.41, 5.74) is 1.14. The van der Waals surface area contributed by atoms with E-state index >= 15 is 0 Å². The van der Waals surface area contributed by atoms with Crippen LogP contribution in [0.2, 0.25) is 0 Å². The van der Waals surface area contributed by atoms with Crippen LogP contribution in [-0.4, -0.2) is 13.2 Å². The maximum Gasteiger partial charge on any atom is 0.124 e. The molecule has 0 heterocycles. The van der Waals surface area contributed by atoms with Gasteiger partial charge in [-0.1, -0.05) is 22.9 Å². The van der Waals surface area contributed by atoms with Crippen molar-refractivity contribution in [1.82, 2.24) is 5.32 Å². The number of nitrogens with one attached hydrogen (secondary N) is 1. The minimum Gasteiger partial charge on any atom is -0.493 e. The Balaban J connectivity index is 2.73. The van der Waals surface area contributed by atoms with Crippen LogP contribution in [0.5, 0.6) is 5.75 Å². The van der Waals surface area contributed by atoms with Crippen molar-refractivity contribution < 1.29 is 4.74 Å². The van der Waals surface area contributed by atoms with Crippen LogP contribution in [0.4, 0.5) is 0 Å². The molecular formula is C14H19BrN2O. The molecule has 18 heavy (non-hydrogen) atoms. The molecule has 0 fully saturated rings. The second-order valence-corrected chi connectivity index (χ2v) is 4.99. The smallest absolute Gasteiger partial charge is 0.124 e. The third-order valence-electron chi connectivity index (χ3n) is 2.64. The van der Waals surface area contributed by atoms with Gasteiger partial charge in [0, 0.05) is 22.5 Å². The van der Waals surface area contributed by atoms with Crippen LogP contribution in [0.3, 0.4) is 0 Å². The Hall–Kier alpha value is -1.05. The molecule has 0 aliphatic heterocycles. The second kappa shape index (κ2) is 8.12. The van der Waals surface area contributed by atoms with Crippen LogP contribution >= 0.6 is 15.9 Å². The maximum atomic E-state index is 8.49. The van der Waals surface area contributed by atoms with Crippen molar-refractivity contribution in [1.29, 1.82) is 5.26 Å². The van der Waals surface area contributed by atoms with E-state index in [0.717, 1.165) is 28.8 Å². The van der Waals surface area contributed by atoms with Crippen LogP contribution in [0.1, 0.15) is 38.3 Å². The van der Waals surface area contributed by atoms with E-state index in [1.54, 1.807) is 0 Å². The Morgan fingerprint density at radius 1 is 1.50 bits per heavy atom. The number of hydrogen-bond donors (Lipinski definition) is 1. The number of nitrogens with zero attached hydrogens (tertiary/aromatic N) is 1. The third-order valence-corrected chi connectivity index (χ3v) is 3.13.